The molecule has 0 aromatic heterocycles. The van der Waals surface area contributed by atoms with Gasteiger partial charge >= 0.3 is 0 Å². The molecule has 27 heavy (non-hydrogen) atoms. The summed E-state index contributed by atoms with van der Waals surface area (Å²) in [7, 11) is 1.54. The van der Waals surface area contributed by atoms with Gasteiger partial charge in [0.15, 0.2) is 17.5 Å². The summed E-state index contributed by atoms with van der Waals surface area (Å²) < 4.78 is 5.15. The van der Waals surface area contributed by atoms with Gasteiger partial charge in [-0.05, 0) is 31.4 Å². The van der Waals surface area contributed by atoms with Crippen molar-refractivity contribution in [1.29, 1.82) is 0 Å². The Morgan fingerprint density at radius 2 is 1.93 bits per heavy atom. The number of ether oxygens (including phenoxy) is 1. The number of aliphatic imine (C=N–C) groups is 1. The van der Waals surface area contributed by atoms with Gasteiger partial charge in [0.1, 0.15) is 0 Å². The summed E-state index contributed by atoms with van der Waals surface area (Å²) >= 11 is 0. The van der Waals surface area contributed by atoms with E-state index in [2.05, 4.69) is 53.7 Å². The summed E-state index contributed by atoms with van der Waals surface area (Å²) in [6, 6.07) is 14.0. The van der Waals surface area contributed by atoms with Gasteiger partial charge in [-0.15, -0.1) is 24.0 Å². The van der Waals surface area contributed by atoms with Crippen molar-refractivity contribution >= 4 is 29.9 Å². The smallest absolute Gasteiger partial charge is 0.191 e. The number of halogens is 1. The maximum absolute atomic E-state index is 10.2. The molecule has 0 aliphatic carbocycles. The molecule has 0 bridgehead atoms. The lowest BCUT2D eigenvalue weighted by molar-refractivity contribution is 0.370. The van der Waals surface area contributed by atoms with E-state index < -0.39 is 0 Å². The maximum Gasteiger partial charge on any atom is 0.191 e. The quantitative estimate of drug-likeness (QED) is 0.314. The average Bonchev–Trinajstić information content (AvgIpc) is 2.64. The first kappa shape index (κ1) is 23.1. The summed E-state index contributed by atoms with van der Waals surface area (Å²) in [6.07, 6.45) is 0. The Balaban J connectivity index is 0.00000364. The molecule has 0 fully saturated rings. The second-order valence-corrected chi connectivity index (χ2v) is 6.36. The van der Waals surface area contributed by atoms with Crippen LogP contribution in [0.2, 0.25) is 0 Å². The molecule has 2 rings (SSSR count). The van der Waals surface area contributed by atoms with Crippen LogP contribution < -0.4 is 15.4 Å². The van der Waals surface area contributed by atoms with Crippen LogP contribution in [-0.4, -0.2) is 31.3 Å². The number of guanidine groups is 1. The topological polar surface area (TPSA) is 65.9 Å². The number of benzene rings is 2. The Kier molecular flexibility index (Phi) is 9.99. The number of hydrogen-bond acceptors (Lipinski definition) is 3. The van der Waals surface area contributed by atoms with Crippen LogP contribution in [0.4, 0.5) is 0 Å². The van der Waals surface area contributed by atoms with Gasteiger partial charge in [-0.2, -0.15) is 0 Å². The highest BCUT2D eigenvalue weighted by Crippen LogP contribution is 2.29. The normalized spacial score (nSPS) is 12.1. The van der Waals surface area contributed by atoms with Gasteiger partial charge < -0.3 is 20.5 Å². The molecule has 148 valence electrons. The van der Waals surface area contributed by atoms with E-state index >= 15 is 0 Å². The fourth-order valence-electron chi connectivity index (χ4n) is 2.71. The van der Waals surface area contributed by atoms with E-state index in [0.29, 0.717) is 18.2 Å². The van der Waals surface area contributed by atoms with Crippen molar-refractivity contribution in [2.75, 3.05) is 20.2 Å². The standard InChI is InChI=1S/C21H29N3O2.HI/c1-5-22-21(23-13-16(3)17-9-6-8-15(2)12-17)24-14-18-10-7-11-19(26-4)20(18)25;/h6-12,16,25H,5,13-14H2,1-4H3,(H2,22,23,24);1H. The highest BCUT2D eigenvalue weighted by Gasteiger charge is 2.09. The second-order valence-electron chi connectivity index (χ2n) is 6.36. The van der Waals surface area contributed by atoms with Crippen molar-refractivity contribution in [2.24, 2.45) is 4.99 Å². The number of hydrogen-bond donors (Lipinski definition) is 3. The van der Waals surface area contributed by atoms with E-state index in [1.54, 1.807) is 13.2 Å². The van der Waals surface area contributed by atoms with Crippen LogP contribution in [0.1, 0.15) is 36.5 Å². The largest absolute Gasteiger partial charge is 0.504 e. The minimum absolute atomic E-state index is 0. The van der Waals surface area contributed by atoms with Crippen molar-refractivity contribution < 1.29 is 9.84 Å². The Hall–Kier alpha value is -1.96. The Labute approximate surface area is 179 Å². The summed E-state index contributed by atoms with van der Waals surface area (Å²) in [5.41, 5.74) is 3.30. The maximum atomic E-state index is 10.2. The first-order chi connectivity index (χ1) is 12.5. The number of aromatic hydroxyl groups is 1. The number of para-hydroxylation sites is 1. The number of aryl methyl sites for hydroxylation is 1. The average molecular weight is 483 g/mol. The Morgan fingerprint density at radius 3 is 2.59 bits per heavy atom. The molecular weight excluding hydrogens is 453 g/mol. The number of rotatable bonds is 7. The molecule has 1 unspecified atom stereocenters. The molecule has 0 amide bonds. The van der Waals surface area contributed by atoms with Gasteiger partial charge in [0, 0.05) is 18.7 Å². The Morgan fingerprint density at radius 1 is 1.19 bits per heavy atom. The van der Waals surface area contributed by atoms with Crippen LogP contribution in [-0.2, 0) is 6.54 Å². The number of nitrogens with zero attached hydrogens (tertiary/aromatic N) is 1. The molecule has 3 N–H and O–H groups in total. The van der Waals surface area contributed by atoms with Gasteiger partial charge in [0.25, 0.3) is 0 Å². The summed E-state index contributed by atoms with van der Waals surface area (Å²) in [5, 5.41) is 16.8. The number of phenols is 1. The van der Waals surface area contributed by atoms with Crippen LogP contribution in [0.25, 0.3) is 0 Å². The zero-order chi connectivity index (χ0) is 18.9. The molecule has 0 aliphatic heterocycles. The first-order valence-electron chi connectivity index (χ1n) is 8.98. The van der Waals surface area contributed by atoms with Crippen LogP contribution in [0.15, 0.2) is 47.5 Å². The molecule has 2 aromatic carbocycles. The van der Waals surface area contributed by atoms with Crippen LogP contribution in [0, 0.1) is 6.92 Å². The van der Waals surface area contributed by atoms with E-state index in [1.807, 2.05) is 19.1 Å². The molecule has 6 heteroatoms. The highest BCUT2D eigenvalue weighted by molar-refractivity contribution is 14.0. The van der Waals surface area contributed by atoms with E-state index in [4.69, 9.17) is 4.74 Å². The molecule has 0 radical (unpaired) electrons. The van der Waals surface area contributed by atoms with Crippen LogP contribution in [0.5, 0.6) is 11.5 Å². The summed E-state index contributed by atoms with van der Waals surface area (Å²) in [6.45, 7) is 8.25. The van der Waals surface area contributed by atoms with Crippen LogP contribution >= 0.6 is 24.0 Å². The third-order valence-corrected chi connectivity index (χ3v) is 4.24. The predicted octanol–water partition coefficient (Wildman–Crippen LogP) is 4.19. The lowest BCUT2D eigenvalue weighted by Crippen LogP contribution is -2.39. The molecular formula is C21H30IN3O2. The SMILES string of the molecule is CCNC(=NCc1cccc(OC)c1O)NCC(C)c1cccc(C)c1.I. The van der Waals surface area contributed by atoms with Gasteiger partial charge in [0.05, 0.1) is 13.7 Å². The Bertz CT molecular complexity index is 750. The predicted molar refractivity (Wildman–Crippen MR) is 122 cm³/mol. The van der Waals surface area contributed by atoms with Crippen molar-refractivity contribution in [1.82, 2.24) is 10.6 Å². The second kappa shape index (κ2) is 11.7. The fraction of sp³-hybridized carbons (Fsp3) is 0.381. The van der Waals surface area contributed by atoms with Gasteiger partial charge in [-0.3, -0.25) is 0 Å². The first-order valence-corrected chi connectivity index (χ1v) is 8.98. The fourth-order valence-corrected chi connectivity index (χ4v) is 2.71. The van der Waals surface area contributed by atoms with E-state index in [1.165, 1.54) is 11.1 Å². The summed E-state index contributed by atoms with van der Waals surface area (Å²) in [5.74, 6) is 1.70. The molecule has 2 aromatic rings. The highest BCUT2D eigenvalue weighted by atomic mass is 127. The molecule has 5 nitrogen and oxygen atoms in total. The van der Waals surface area contributed by atoms with Crippen molar-refractivity contribution in [3.63, 3.8) is 0 Å². The van der Waals surface area contributed by atoms with Crippen LogP contribution in [0.3, 0.4) is 0 Å². The number of nitrogens with one attached hydrogen (secondary N) is 2. The molecule has 0 saturated heterocycles. The van der Waals surface area contributed by atoms with E-state index in [-0.39, 0.29) is 29.7 Å². The lowest BCUT2D eigenvalue weighted by Gasteiger charge is -2.17. The zero-order valence-corrected chi connectivity index (χ0v) is 18.8. The van der Waals surface area contributed by atoms with E-state index in [9.17, 15) is 5.11 Å². The van der Waals surface area contributed by atoms with E-state index in [0.717, 1.165) is 24.6 Å². The minimum Gasteiger partial charge on any atom is -0.504 e. The molecule has 0 saturated carbocycles. The molecule has 1 atom stereocenters. The van der Waals surface area contributed by atoms with Crippen molar-refractivity contribution in [3.8, 4) is 11.5 Å². The third kappa shape index (κ3) is 6.93. The van der Waals surface area contributed by atoms with Gasteiger partial charge in [-0.1, -0.05) is 48.9 Å². The summed E-state index contributed by atoms with van der Waals surface area (Å²) in [4.78, 5) is 4.58. The zero-order valence-electron chi connectivity index (χ0n) is 16.5. The molecule has 0 spiro atoms. The lowest BCUT2D eigenvalue weighted by atomic mass is 9.99. The van der Waals surface area contributed by atoms with Gasteiger partial charge in [-0.25, -0.2) is 4.99 Å². The monoisotopic (exact) mass is 483 g/mol. The number of phenolic OH excluding ortho intramolecular Hbond substituents is 1. The third-order valence-electron chi connectivity index (χ3n) is 4.24. The van der Waals surface area contributed by atoms with Gasteiger partial charge in [0.2, 0.25) is 0 Å². The van der Waals surface area contributed by atoms with Crippen molar-refractivity contribution in [3.05, 3.63) is 59.2 Å². The minimum atomic E-state index is 0. The molecule has 0 heterocycles. The molecule has 0 aliphatic rings. The number of methoxy groups -OCH3 is 1. The van der Waals surface area contributed by atoms with Crippen molar-refractivity contribution in [2.45, 2.75) is 33.2 Å².